The van der Waals surface area contributed by atoms with Gasteiger partial charge in [-0.2, -0.15) is 0 Å². The quantitative estimate of drug-likeness (QED) is 0.539. The largest absolute Gasteiger partial charge is 0.457 e. The number of hydrogen-bond donors (Lipinski definition) is 1. The fourth-order valence-corrected chi connectivity index (χ4v) is 3.33. The third-order valence-electron chi connectivity index (χ3n) is 4.33. The normalized spacial score (nSPS) is 14.2. The lowest BCUT2D eigenvalue weighted by atomic mass is 9.99. The zero-order valence-corrected chi connectivity index (χ0v) is 15.7. The molecule has 0 aliphatic carbocycles. The van der Waals surface area contributed by atoms with Crippen LogP contribution >= 0.6 is 15.9 Å². The van der Waals surface area contributed by atoms with Gasteiger partial charge in [0, 0.05) is 21.3 Å². The van der Waals surface area contributed by atoms with Crippen molar-refractivity contribution in [2.75, 3.05) is 5.32 Å². The van der Waals surface area contributed by atoms with Crippen LogP contribution in [0, 0.1) is 6.92 Å². The number of carbonyl (C=O) groups excluding carboxylic acids is 1. The van der Waals surface area contributed by atoms with E-state index in [1.807, 2.05) is 79.7 Å². The summed E-state index contributed by atoms with van der Waals surface area (Å²) in [5.41, 5.74) is 4.48. The van der Waals surface area contributed by atoms with Gasteiger partial charge in [-0.05, 0) is 60.5 Å². The topological polar surface area (TPSA) is 38.3 Å². The maximum Gasteiger partial charge on any atom is 0.256 e. The number of para-hydroxylation sites is 1. The Morgan fingerprint density at radius 1 is 0.923 bits per heavy atom. The van der Waals surface area contributed by atoms with Gasteiger partial charge in [0.05, 0.1) is 0 Å². The van der Waals surface area contributed by atoms with E-state index < -0.39 is 0 Å². The Balaban J connectivity index is 1.64. The third kappa shape index (κ3) is 3.16. The Bertz CT molecular complexity index is 1010. The fraction of sp³-hybridized carbons (Fsp3) is 0.0455. The van der Waals surface area contributed by atoms with Crippen LogP contribution in [-0.4, -0.2) is 5.91 Å². The van der Waals surface area contributed by atoms with Gasteiger partial charge in [0.15, 0.2) is 0 Å². The average molecular weight is 406 g/mol. The van der Waals surface area contributed by atoms with E-state index in [1.54, 1.807) is 0 Å². The fourth-order valence-electron chi connectivity index (χ4n) is 3.00. The summed E-state index contributed by atoms with van der Waals surface area (Å²) >= 11 is 3.54. The molecule has 0 unspecified atom stereocenters. The van der Waals surface area contributed by atoms with Gasteiger partial charge in [-0.1, -0.05) is 46.3 Å². The third-order valence-corrected chi connectivity index (χ3v) is 5.19. The second-order valence-electron chi connectivity index (χ2n) is 6.09. The van der Waals surface area contributed by atoms with Crippen molar-refractivity contribution in [2.45, 2.75) is 6.92 Å². The minimum atomic E-state index is -0.0780. The van der Waals surface area contributed by atoms with Gasteiger partial charge in [-0.3, -0.25) is 4.79 Å². The first-order chi connectivity index (χ1) is 12.6. The monoisotopic (exact) mass is 405 g/mol. The Morgan fingerprint density at radius 2 is 1.62 bits per heavy atom. The van der Waals surface area contributed by atoms with Crippen LogP contribution in [0.2, 0.25) is 0 Å². The lowest BCUT2D eigenvalue weighted by molar-refractivity contribution is -0.110. The summed E-state index contributed by atoms with van der Waals surface area (Å²) in [6, 6.07) is 21.2. The molecule has 0 saturated carbocycles. The molecule has 3 aromatic carbocycles. The SMILES string of the molecule is Cc1c(Br)ccc2c1C(=Cc1ccc(Oc3ccccc3)cc1)C(=O)N2. The molecule has 0 fully saturated rings. The second kappa shape index (κ2) is 6.81. The van der Waals surface area contributed by atoms with Gasteiger partial charge in [-0.25, -0.2) is 0 Å². The number of nitrogens with one attached hydrogen (secondary N) is 1. The molecule has 0 radical (unpaired) electrons. The van der Waals surface area contributed by atoms with Crippen molar-refractivity contribution in [1.29, 1.82) is 0 Å². The highest BCUT2D eigenvalue weighted by atomic mass is 79.9. The van der Waals surface area contributed by atoms with E-state index >= 15 is 0 Å². The van der Waals surface area contributed by atoms with E-state index in [9.17, 15) is 4.79 Å². The molecule has 1 N–H and O–H groups in total. The number of amides is 1. The van der Waals surface area contributed by atoms with E-state index in [1.165, 1.54) is 0 Å². The van der Waals surface area contributed by atoms with Gasteiger partial charge < -0.3 is 10.1 Å². The number of ether oxygens (including phenoxy) is 1. The van der Waals surface area contributed by atoms with Crippen LogP contribution in [-0.2, 0) is 4.79 Å². The van der Waals surface area contributed by atoms with Crippen molar-refractivity contribution in [3.8, 4) is 11.5 Å². The van der Waals surface area contributed by atoms with Crippen molar-refractivity contribution in [1.82, 2.24) is 0 Å². The van der Waals surface area contributed by atoms with Crippen molar-refractivity contribution < 1.29 is 9.53 Å². The molecule has 1 aliphatic rings. The van der Waals surface area contributed by atoms with Crippen molar-refractivity contribution in [2.24, 2.45) is 0 Å². The maximum atomic E-state index is 12.4. The molecule has 128 valence electrons. The van der Waals surface area contributed by atoms with Gasteiger partial charge >= 0.3 is 0 Å². The molecule has 1 heterocycles. The van der Waals surface area contributed by atoms with E-state index in [4.69, 9.17) is 4.74 Å². The van der Waals surface area contributed by atoms with Gasteiger partial charge in [0.1, 0.15) is 11.5 Å². The molecule has 4 rings (SSSR count). The first-order valence-electron chi connectivity index (χ1n) is 8.27. The summed E-state index contributed by atoms with van der Waals surface area (Å²) in [7, 11) is 0. The molecule has 0 saturated heterocycles. The van der Waals surface area contributed by atoms with Crippen molar-refractivity contribution in [3.63, 3.8) is 0 Å². The van der Waals surface area contributed by atoms with E-state index in [2.05, 4.69) is 21.2 Å². The summed E-state index contributed by atoms with van der Waals surface area (Å²) in [5.74, 6) is 1.47. The molecule has 3 aromatic rings. The Labute approximate surface area is 160 Å². The summed E-state index contributed by atoms with van der Waals surface area (Å²) in [5, 5.41) is 2.93. The lowest BCUT2D eigenvalue weighted by Gasteiger charge is -2.07. The highest BCUT2D eigenvalue weighted by Crippen LogP contribution is 2.38. The Kier molecular flexibility index (Phi) is 4.35. The van der Waals surface area contributed by atoms with E-state index in [0.29, 0.717) is 5.57 Å². The standard InChI is InChI=1S/C22H16BrNO2/c1-14-19(23)11-12-20-21(14)18(22(25)24-20)13-15-7-9-17(10-8-15)26-16-5-3-2-4-6-16/h2-13H,1H3,(H,24,25). The molecule has 0 bridgehead atoms. The minimum absolute atomic E-state index is 0.0780. The minimum Gasteiger partial charge on any atom is -0.457 e. The molecule has 1 aliphatic heterocycles. The molecular weight excluding hydrogens is 390 g/mol. The van der Waals surface area contributed by atoms with Crippen LogP contribution in [0.1, 0.15) is 16.7 Å². The van der Waals surface area contributed by atoms with Gasteiger partial charge in [-0.15, -0.1) is 0 Å². The van der Waals surface area contributed by atoms with Crippen molar-refractivity contribution in [3.05, 3.63) is 87.9 Å². The number of carbonyl (C=O) groups is 1. The first-order valence-corrected chi connectivity index (χ1v) is 9.06. The lowest BCUT2D eigenvalue weighted by Crippen LogP contribution is -2.03. The molecule has 1 amide bonds. The predicted octanol–water partition coefficient (Wildman–Crippen LogP) is 6.04. The smallest absolute Gasteiger partial charge is 0.256 e. The molecular formula is C22H16BrNO2. The first kappa shape index (κ1) is 16.6. The molecule has 0 aromatic heterocycles. The highest BCUT2D eigenvalue weighted by Gasteiger charge is 2.26. The van der Waals surface area contributed by atoms with Crippen LogP contribution in [0.15, 0.2) is 71.2 Å². The number of rotatable bonds is 3. The van der Waals surface area contributed by atoms with E-state index in [-0.39, 0.29) is 5.91 Å². The molecule has 26 heavy (non-hydrogen) atoms. The summed E-state index contributed by atoms with van der Waals surface area (Å²) in [6.45, 7) is 2.01. The predicted molar refractivity (Wildman–Crippen MR) is 108 cm³/mol. The van der Waals surface area contributed by atoms with Crippen LogP contribution in [0.25, 0.3) is 11.6 Å². The maximum absolute atomic E-state index is 12.4. The van der Waals surface area contributed by atoms with Crippen LogP contribution in [0.5, 0.6) is 11.5 Å². The number of anilines is 1. The number of benzene rings is 3. The number of halogens is 1. The molecule has 3 nitrogen and oxygen atoms in total. The van der Waals surface area contributed by atoms with Crippen molar-refractivity contribution >= 4 is 39.2 Å². The zero-order chi connectivity index (χ0) is 18.1. The highest BCUT2D eigenvalue weighted by molar-refractivity contribution is 9.10. The number of fused-ring (bicyclic) bond motifs is 1. The molecule has 0 atom stereocenters. The molecule has 0 spiro atoms. The summed E-state index contributed by atoms with van der Waals surface area (Å²) in [6.07, 6.45) is 1.91. The average Bonchev–Trinajstić information content (AvgIpc) is 2.97. The second-order valence-corrected chi connectivity index (χ2v) is 6.95. The summed E-state index contributed by atoms with van der Waals surface area (Å²) in [4.78, 5) is 12.4. The van der Waals surface area contributed by atoms with Crippen LogP contribution in [0.3, 0.4) is 0 Å². The van der Waals surface area contributed by atoms with Gasteiger partial charge in [0.25, 0.3) is 5.91 Å². The summed E-state index contributed by atoms with van der Waals surface area (Å²) < 4.78 is 6.80. The Morgan fingerprint density at radius 3 is 2.35 bits per heavy atom. The Hall–Kier alpha value is -2.85. The zero-order valence-electron chi connectivity index (χ0n) is 14.1. The number of hydrogen-bond acceptors (Lipinski definition) is 2. The van der Waals surface area contributed by atoms with Crippen LogP contribution < -0.4 is 10.1 Å². The van der Waals surface area contributed by atoms with E-state index in [0.717, 1.165) is 38.3 Å². The van der Waals surface area contributed by atoms with Gasteiger partial charge in [0.2, 0.25) is 0 Å². The van der Waals surface area contributed by atoms with Crippen LogP contribution in [0.4, 0.5) is 5.69 Å². The molecule has 4 heteroatoms.